The van der Waals surface area contributed by atoms with Crippen LogP contribution in [0.2, 0.25) is 0 Å². The molecule has 6 nitrogen and oxygen atoms in total. The molecule has 0 N–H and O–H groups in total. The third-order valence-corrected chi connectivity index (χ3v) is 5.38. The third-order valence-electron chi connectivity index (χ3n) is 4.52. The Balaban J connectivity index is 1.62. The lowest BCUT2D eigenvalue weighted by Gasteiger charge is -2.09. The van der Waals surface area contributed by atoms with Gasteiger partial charge in [-0.2, -0.15) is 18.2 Å². The molecule has 0 fully saturated rings. The Labute approximate surface area is 192 Å². The minimum Gasteiger partial charge on any atom is -0.451 e. The first-order valence-corrected chi connectivity index (χ1v) is 10.4. The first-order valence-electron chi connectivity index (χ1n) is 9.47. The number of alkyl halides is 3. The Morgan fingerprint density at radius 1 is 1.03 bits per heavy atom. The fraction of sp³-hybridized carbons (Fsp3) is 0.0909. The van der Waals surface area contributed by atoms with E-state index < -0.39 is 53.1 Å². The molecule has 0 saturated heterocycles. The van der Waals surface area contributed by atoms with Crippen LogP contribution in [0.25, 0.3) is 16.4 Å². The highest BCUT2D eigenvalue weighted by molar-refractivity contribution is 7.13. The number of hydrogen-bond donors (Lipinski definition) is 0. The molecule has 0 unspecified atom stereocenters. The number of esters is 1. The van der Waals surface area contributed by atoms with Gasteiger partial charge in [0.2, 0.25) is 5.78 Å². The molecule has 2 heterocycles. The van der Waals surface area contributed by atoms with Crippen molar-refractivity contribution in [3.8, 4) is 16.4 Å². The monoisotopic (exact) mass is 493 g/mol. The predicted octanol–water partition coefficient (Wildman–Crippen LogP) is 5.33. The number of benzene rings is 2. The Kier molecular flexibility index (Phi) is 6.24. The van der Waals surface area contributed by atoms with E-state index in [2.05, 4.69) is 10.1 Å². The second-order valence-corrected chi connectivity index (χ2v) is 7.77. The van der Waals surface area contributed by atoms with Gasteiger partial charge in [0.15, 0.2) is 12.4 Å². The van der Waals surface area contributed by atoms with Gasteiger partial charge < -0.3 is 4.74 Å². The molecular formula is C22H12F5N3O3S. The van der Waals surface area contributed by atoms with E-state index in [0.717, 1.165) is 28.9 Å². The van der Waals surface area contributed by atoms with Crippen LogP contribution in [0.15, 0.2) is 60.0 Å². The van der Waals surface area contributed by atoms with Crippen molar-refractivity contribution in [2.45, 2.75) is 6.18 Å². The maximum absolute atomic E-state index is 13.8. The number of thiophene rings is 1. The quantitative estimate of drug-likeness (QED) is 0.206. The number of carbonyl (C=O) groups is 2. The number of aromatic nitrogens is 3. The molecule has 0 radical (unpaired) electrons. The van der Waals surface area contributed by atoms with E-state index in [1.807, 2.05) is 0 Å². The SMILES string of the molecule is O=C(OCC(=O)c1ccc(F)cc1F)c1nc(-c2cccs2)n(-c2cccc(C(F)(F)F)c2)n1. The predicted molar refractivity (Wildman–Crippen MR) is 111 cm³/mol. The summed E-state index contributed by atoms with van der Waals surface area (Å²) >= 11 is 1.21. The summed E-state index contributed by atoms with van der Waals surface area (Å²) < 4.78 is 72.2. The van der Waals surface area contributed by atoms with Crippen molar-refractivity contribution in [1.82, 2.24) is 14.8 Å². The summed E-state index contributed by atoms with van der Waals surface area (Å²) in [7, 11) is 0. The van der Waals surface area contributed by atoms with Gasteiger partial charge >= 0.3 is 12.1 Å². The van der Waals surface area contributed by atoms with Crippen LogP contribution in [-0.2, 0) is 10.9 Å². The summed E-state index contributed by atoms with van der Waals surface area (Å²) in [5.41, 5.74) is -1.40. The van der Waals surface area contributed by atoms with Crippen molar-refractivity contribution >= 4 is 23.1 Å². The number of rotatable bonds is 6. The molecule has 0 aliphatic carbocycles. The molecule has 0 spiro atoms. The van der Waals surface area contributed by atoms with Crippen LogP contribution in [0.4, 0.5) is 22.0 Å². The van der Waals surface area contributed by atoms with Crippen molar-refractivity contribution in [1.29, 1.82) is 0 Å². The molecule has 12 heteroatoms. The van der Waals surface area contributed by atoms with Crippen molar-refractivity contribution in [2.75, 3.05) is 6.61 Å². The minimum atomic E-state index is -4.60. The number of Topliss-reactive ketones (excluding diaryl/α,β-unsaturated/α-hetero) is 1. The zero-order valence-corrected chi connectivity index (χ0v) is 17.7. The van der Waals surface area contributed by atoms with E-state index in [1.165, 1.54) is 23.5 Å². The Morgan fingerprint density at radius 3 is 2.50 bits per heavy atom. The average molecular weight is 493 g/mol. The second-order valence-electron chi connectivity index (χ2n) is 6.82. The Bertz CT molecular complexity index is 1370. The van der Waals surface area contributed by atoms with Crippen molar-refractivity contribution in [2.24, 2.45) is 0 Å². The molecule has 4 rings (SSSR count). The molecule has 0 atom stereocenters. The Hall–Kier alpha value is -3.93. The van der Waals surface area contributed by atoms with Gasteiger partial charge in [-0.15, -0.1) is 16.4 Å². The molecule has 174 valence electrons. The second kappa shape index (κ2) is 9.14. The van der Waals surface area contributed by atoms with Gasteiger partial charge in [0, 0.05) is 6.07 Å². The van der Waals surface area contributed by atoms with Crippen molar-refractivity contribution in [3.63, 3.8) is 0 Å². The lowest BCUT2D eigenvalue weighted by molar-refractivity contribution is -0.137. The van der Waals surface area contributed by atoms with Crippen LogP contribution in [0.5, 0.6) is 0 Å². The number of ether oxygens (including phenoxy) is 1. The molecule has 0 saturated carbocycles. The summed E-state index contributed by atoms with van der Waals surface area (Å²) in [5, 5.41) is 5.68. The molecule has 0 aliphatic heterocycles. The highest BCUT2D eigenvalue weighted by atomic mass is 32.1. The van der Waals surface area contributed by atoms with Crippen LogP contribution in [-0.4, -0.2) is 33.1 Å². The average Bonchev–Trinajstić information content (AvgIpc) is 3.47. The lowest BCUT2D eigenvalue weighted by atomic mass is 10.1. The zero-order valence-electron chi connectivity index (χ0n) is 16.8. The van der Waals surface area contributed by atoms with Crippen LogP contribution < -0.4 is 0 Å². The summed E-state index contributed by atoms with van der Waals surface area (Å²) in [5.74, 6) is -4.52. The zero-order chi connectivity index (χ0) is 24.5. The van der Waals surface area contributed by atoms with Gasteiger partial charge in [-0.3, -0.25) is 4.79 Å². The van der Waals surface area contributed by atoms with Crippen molar-refractivity contribution < 1.29 is 36.3 Å². The van der Waals surface area contributed by atoms with Gasteiger partial charge in [0.25, 0.3) is 5.82 Å². The van der Waals surface area contributed by atoms with E-state index in [-0.39, 0.29) is 11.5 Å². The first-order chi connectivity index (χ1) is 16.1. The van der Waals surface area contributed by atoms with Gasteiger partial charge in [-0.1, -0.05) is 12.1 Å². The summed E-state index contributed by atoms with van der Waals surface area (Å²) in [6.45, 7) is -0.881. The normalized spacial score (nSPS) is 11.4. The third kappa shape index (κ3) is 4.86. The standard InChI is InChI=1S/C22H12F5N3O3S/c23-13-6-7-15(16(24)10-13)17(31)11-33-21(32)19-28-20(18-5-2-8-34-18)30(29-19)14-4-1-3-12(9-14)22(25,26)27/h1-10H,11H2. The summed E-state index contributed by atoms with van der Waals surface area (Å²) in [4.78, 5) is 29.2. The van der Waals surface area contributed by atoms with E-state index in [4.69, 9.17) is 4.74 Å². The minimum absolute atomic E-state index is 0.00534. The van der Waals surface area contributed by atoms with Crippen molar-refractivity contribution in [3.05, 3.63) is 88.6 Å². The molecule has 0 aliphatic rings. The maximum atomic E-state index is 13.8. The molecule has 34 heavy (non-hydrogen) atoms. The Morgan fingerprint density at radius 2 is 1.82 bits per heavy atom. The van der Waals surface area contributed by atoms with Crippen LogP contribution in [0.1, 0.15) is 26.5 Å². The van der Waals surface area contributed by atoms with Gasteiger partial charge in [-0.05, 0) is 41.8 Å². The molecular weight excluding hydrogens is 481 g/mol. The molecule has 2 aromatic heterocycles. The highest BCUT2D eigenvalue weighted by Crippen LogP contribution is 2.32. The molecule has 0 bridgehead atoms. The van der Waals surface area contributed by atoms with E-state index in [1.54, 1.807) is 17.5 Å². The lowest BCUT2D eigenvalue weighted by Crippen LogP contribution is -2.16. The van der Waals surface area contributed by atoms with Crippen LogP contribution in [0, 0.1) is 11.6 Å². The van der Waals surface area contributed by atoms with E-state index in [9.17, 15) is 31.5 Å². The number of hydrogen-bond acceptors (Lipinski definition) is 6. The van der Waals surface area contributed by atoms with E-state index in [0.29, 0.717) is 10.9 Å². The number of nitrogens with zero attached hydrogens (tertiary/aromatic N) is 3. The van der Waals surface area contributed by atoms with E-state index >= 15 is 0 Å². The van der Waals surface area contributed by atoms with Gasteiger partial charge in [-0.25, -0.2) is 18.3 Å². The summed E-state index contributed by atoms with van der Waals surface area (Å²) in [6.07, 6.45) is -4.60. The van der Waals surface area contributed by atoms with Gasteiger partial charge in [0.1, 0.15) is 11.6 Å². The molecule has 4 aromatic rings. The van der Waals surface area contributed by atoms with Crippen LogP contribution >= 0.6 is 11.3 Å². The number of ketones is 1. The van der Waals surface area contributed by atoms with Gasteiger partial charge in [0.05, 0.1) is 21.7 Å². The van der Waals surface area contributed by atoms with Crippen LogP contribution in [0.3, 0.4) is 0 Å². The highest BCUT2D eigenvalue weighted by Gasteiger charge is 2.31. The smallest absolute Gasteiger partial charge is 0.416 e. The number of halogens is 5. The molecule has 0 amide bonds. The maximum Gasteiger partial charge on any atom is 0.416 e. The molecule has 2 aromatic carbocycles. The topological polar surface area (TPSA) is 74.1 Å². The summed E-state index contributed by atoms with van der Waals surface area (Å²) in [6, 6.07) is 9.90. The number of carbonyl (C=O) groups excluding carboxylic acids is 2. The fourth-order valence-electron chi connectivity index (χ4n) is 2.95. The largest absolute Gasteiger partial charge is 0.451 e. The fourth-order valence-corrected chi connectivity index (χ4v) is 3.65. The first kappa shape index (κ1) is 23.2.